The molecule has 200 valence electrons. The van der Waals surface area contributed by atoms with Gasteiger partial charge >= 0.3 is 0 Å². The molecule has 8 bridgehead atoms. The number of nitrogens with one attached hydrogen (secondary N) is 3. The van der Waals surface area contributed by atoms with E-state index in [0.29, 0.717) is 35.6 Å². The lowest BCUT2D eigenvalue weighted by atomic mass is 9.78. The van der Waals surface area contributed by atoms with E-state index in [9.17, 15) is 9.59 Å². The van der Waals surface area contributed by atoms with Crippen LogP contribution in [0.2, 0.25) is 0 Å². The largest absolute Gasteiger partial charge is 0.468 e. The summed E-state index contributed by atoms with van der Waals surface area (Å²) in [5.41, 5.74) is 9.01. The molecule has 7 rings (SSSR count). The maximum absolute atomic E-state index is 13.6. The highest BCUT2D eigenvalue weighted by atomic mass is 16.3. The summed E-state index contributed by atoms with van der Waals surface area (Å²) in [6.07, 6.45) is 13.7. The molecule has 3 heterocycles. The normalized spacial score (nSPS) is 22.6. The number of Topliss-reactive ketones (excluding diaryl/α,β-unsaturated/α-hetero) is 2. The number of carbonyl (C=O) groups is 2. The van der Waals surface area contributed by atoms with E-state index in [1.54, 1.807) is 18.5 Å². The van der Waals surface area contributed by atoms with Gasteiger partial charge in [-0.15, -0.1) is 0 Å². The molecule has 1 saturated carbocycles. The van der Waals surface area contributed by atoms with E-state index in [1.807, 2.05) is 18.5 Å². The van der Waals surface area contributed by atoms with Crippen LogP contribution in [0.1, 0.15) is 57.8 Å². The van der Waals surface area contributed by atoms with Crippen LogP contribution in [0.15, 0.2) is 87.9 Å². The number of hydrogen-bond donors (Lipinski definition) is 3. The molecule has 1 aromatic carbocycles. The Hall–Kier alpha value is -4.49. The summed E-state index contributed by atoms with van der Waals surface area (Å²) in [7, 11) is 0. The molecule has 3 aliphatic carbocycles. The fourth-order valence-electron chi connectivity index (χ4n) is 6.23. The highest BCUT2D eigenvalue weighted by molar-refractivity contribution is 6.38. The van der Waals surface area contributed by atoms with Crippen LogP contribution in [0.25, 0.3) is 17.2 Å². The summed E-state index contributed by atoms with van der Waals surface area (Å²) < 4.78 is 5.87. The number of nitrogens with zero attached hydrogens (tertiary/aromatic N) is 1. The van der Waals surface area contributed by atoms with E-state index in [0.717, 1.165) is 53.9 Å². The van der Waals surface area contributed by atoms with Crippen LogP contribution in [-0.4, -0.2) is 40.3 Å². The van der Waals surface area contributed by atoms with Crippen molar-refractivity contribution in [2.24, 2.45) is 10.9 Å². The number of allylic oxidation sites excluding steroid dienone is 5. The molecule has 1 atom stereocenters. The predicted octanol–water partition coefficient (Wildman–Crippen LogP) is 5.65. The van der Waals surface area contributed by atoms with Gasteiger partial charge in [0.2, 0.25) is 0 Å². The van der Waals surface area contributed by atoms with Crippen LogP contribution < -0.4 is 5.32 Å². The smallest absolute Gasteiger partial charge is 0.173 e. The van der Waals surface area contributed by atoms with E-state index >= 15 is 0 Å². The topological polar surface area (TPSA) is 103 Å². The molecule has 3 N–H and O–H groups in total. The van der Waals surface area contributed by atoms with Crippen molar-refractivity contribution >= 4 is 34.5 Å². The second-order valence-corrected chi connectivity index (χ2v) is 10.7. The Balaban J connectivity index is 1.39. The number of fused-ring (bicyclic) bond motifs is 4. The number of benzene rings is 1. The Bertz CT molecular complexity index is 1690. The summed E-state index contributed by atoms with van der Waals surface area (Å²) >= 11 is 0. The van der Waals surface area contributed by atoms with Gasteiger partial charge in [-0.25, -0.2) is 0 Å². The van der Waals surface area contributed by atoms with E-state index < -0.39 is 0 Å². The first-order valence-electron chi connectivity index (χ1n) is 13.9. The summed E-state index contributed by atoms with van der Waals surface area (Å²) in [6, 6.07) is 12.2. The van der Waals surface area contributed by atoms with Crippen molar-refractivity contribution in [1.29, 1.82) is 0 Å². The van der Waals surface area contributed by atoms with E-state index in [2.05, 4.69) is 51.7 Å². The first-order chi connectivity index (χ1) is 19.7. The van der Waals surface area contributed by atoms with E-state index in [1.165, 1.54) is 11.1 Å². The van der Waals surface area contributed by atoms with Crippen molar-refractivity contribution in [1.82, 2.24) is 15.3 Å². The minimum Gasteiger partial charge on any atom is -0.468 e. The molecule has 0 saturated heterocycles. The van der Waals surface area contributed by atoms with Crippen LogP contribution in [0, 0.1) is 5.92 Å². The zero-order chi connectivity index (χ0) is 27.1. The third kappa shape index (κ3) is 4.42. The van der Waals surface area contributed by atoms with Crippen molar-refractivity contribution in [3.8, 4) is 0 Å². The van der Waals surface area contributed by atoms with Crippen LogP contribution in [0.5, 0.6) is 0 Å². The lowest BCUT2D eigenvalue weighted by Gasteiger charge is -2.29. The molecule has 0 amide bonds. The Kier molecular flexibility index (Phi) is 6.28. The van der Waals surface area contributed by atoms with Gasteiger partial charge in [0.1, 0.15) is 12.0 Å². The Labute approximate surface area is 232 Å². The van der Waals surface area contributed by atoms with Crippen molar-refractivity contribution in [2.75, 3.05) is 13.1 Å². The molecule has 0 spiro atoms. The summed E-state index contributed by atoms with van der Waals surface area (Å²) in [5, 5.41) is 3.66. The predicted molar refractivity (Wildman–Crippen MR) is 155 cm³/mol. The zero-order valence-electron chi connectivity index (χ0n) is 22.1. The van der Waals surface area contributed by atoms with Crippen molar-refractivity contribution in [3.63, 3.8) is 0 Å². The van der Waals surface area contributed by atoms with Crippen LogP contribution >= 0.6 is 0 Å². The average molecular weight is 531 g/mol. The highest BCUT2D eigenvalue weighted by Crippen LogP contribution is 2.42. The van der Waals surface area contributed by atoms with Gasteiger partial charge in [0.15, 0.2) is 11.6 Å². The summed E-state index contributed by atoms with van der Waals surface area (Å²) in [6.45, 7) is 2.16. The molecule has 2 aromatic heterocycles. The minimum atomic E-state index is -0.202. The third-order valence-corrected chi connectivity index (χ3v) is 8.17. The fourth-order valence-corrected chi connectivity index (χ4v) is 6.23. The molecule has 7 heteroatoms. The van der Waals surface area contributed by atoms with Gasteiger partial charge in [-0.3, -0.25) is 14.6 Å². The van der Waals surface area contributed by atoms with Gasteiger partial charge in [-0.1, -0.05) is 30.3 Å². The number of aromatic amines is 2. The third-order valence-electron chi connectivity index (χ3n) is 8.17. The molecular weight excluding hydrogens is 500 g/mol. The fraction of sp³-hybridized carbons (Fsp3) is 0.242. The number of hydrogen-bond acceptors (Lipinski definition) is 5. The summed E-state index contributed by atoms with van der Waals surface area (Å²) in [5.74, 6) is 0.529. The van der Waals surface area contributed by atoms with Crippen LogP contribution in [0.4, 0.5) is 0 Å². The van der Waals surface area contributed by atoms with E-state index in [-0.39, 0.29) is 23.9 Å². The first-order valence-corrected chi connectivity index (χ1v) is 13.9. The molecule has 7 nitrogen and oxygen atoms in total. The second kappa shape index (κ2) is 10.2. The number of aromatic nitrogens is 2. The molecule has 40 heavy (non-hydrogen) atoms. The Morgan fingerprint density at radius 1 is 1.02 bits per heavy atom. The molecule has 0 radical (unpaired) electrons. The maximum atomic E-state index is 13.6. The molecule has 1 fully saturated rings. The SMILES string of the molecule is O=C1CC(=O)c2cc3occ[nH]c2/C1=C1\C=C2CC[C@@H](CNCc4ccccc4)/C(=N/CC3)C2=Cc2c[nH]cc21. The average Bonchev–Trinajstić information content (AvgIpc) is 3.34. The van der Waals surface area contributed by atoms with Crippen molar-refractivity contribution in [2.45, 2.75) is 32.2 Å². The molecule has 4 aliphatic rings. The minimum absolute atomic E-state index is 0.160. The van der Waals surface area contributed by atoms with Crippen molar-refractivity contribution in [3.05, 3.63) is 112 Å². The number of rotatable bonds is 4. The monoisotopic (exact) mass is 530 g/mol. The zero-order valence-corrected chi connectivity index (χ0v) is 22.1. The van der Waals surface area contributed by atoms with Gasteiger partial charge in [0.25, 0.3) is 0 Å². The summed E-state index contributed by atoms with van der Waals surface area (Å²) in [4.78, 5) is 38.3. The standard InChI is InChI=1S/C33H30N4O3/c38-29-15-30(39)31-26-12-21-6-7-22(17-34-16-20-4-2-1-3-5-20)32(25(21)13-23-18-35-19-28(23)26)36-9-8-24-14-27(29)33(31)37-10-11-40-24/h1-5,10-14,18-19,22,34-35,37H,6-9,15-17H2/b11-10?,24-14?,31-26+,36-32-/t22-/m0/s1. The number of H-pyrrole nitrogens is 2. The van der Waals surface area contributed by atoms with Gasteiger partial charge in [-0.05, 0) is 53.3 Å². The van der Waals surface area contributed by atoms with Gasteiger partial charge in [0.05, 0.1) is 17.7 Å². The Morgan fingerprint density at radius 3 is 2.83 bits per heavy atom. The maximum Gasteiger partial charge on any atom is 0.173 e. The lowest BCUT2D eigenvalue weighted by Crippen LogP contribution is -2.33. The van der Waals surface area contributed by atoms with Gasteiger partial charge < -0.3 is 19.7 Å². The highest BCUT2D eigenvalue weighted by Gasteiger charge is 2.34. The molecule has 1 aliphatic heterocycles. The van der Waals surface area contributed by atoms with Gasteiger partial charge in [-0.2, -0.15) is 0 Å². The second-order valence-electron chi connectivity index (χ2n) is 10.7. The molecule has 3 aromatic rings. The van der Waals surface area contributed by atoms with Crippen LogP contribution in [-0.2, 0) is 17.8 Å². The quantitative estimate of drug-likeness (QED) is 0.380. The first kappa shape index (κ1) is 24.5. The number of carbonyl (C=O) groups excluding carboxylic acids is 2. The lowest BCUT2D eigenvalue weighted by molar-refractivity contribution is -0.113. The molecular formula is C33H30N4O3. The molecule has 0 unspecified atom stereocenters. The van der Waals surface area contributed by atoms with Gasteiger partial charge in [0, 0.05) is 73.0 Å². The van der Waals surface area contributed by atoms with E-state index in [4.69, 9.17) is 9.41 Å². The number of aliphatic imine (C=N–C) groups is 1. The van der Waals surface area contributed by atoms with Crippen LogP contribution in [0.3, 0.4) is 0 Å². The Morgan fingerprint density at radius 2 is 1.93 bits per heavy atom. The van der Waals surface area contributed by atoms with Crippen molar-refractivity contribution < 1.29 is 14.0 Å². The number of ketones is 2.